The van der Waals surface area contributed by atoms with Crippen LogP contribution in [0.2, 0.25) is 0 Å². The van der Waals surface area contributed by atoms with Crippen LogP contribution in [0.15, 0.2) is 17.5 Å². The van der Waals surface area contributed by atoms with Crippen molar-refractivity contribution in [1.82, 2.24) is 4.98 Å². The lowest BCUT2D eigenvalue weighted by Crippen LogP contribution is -1.94. The molecule has 0 aliphatic rings. The number of nitrogens with zero attached hydrogens (tertiary/aromatic N) is 1. The summed E-state index contributed by atoms with van der Waals surface area (Å²) in [6.07, 6.45) is 0. The molecule has 78 valence electrons. The molecule has 15 heavy (non-hydrogen) atoms. The fourth-order valence-electron chi connectivity index (χ4n) is 1.06. The lowest BCUT2D eigenvalue weighted by atomic mass is 10.5. The van der Waals surface area contributed by atoms with Gasteiger partial charge in [-0.05, 0) is 18.4 Å². The van der Waals surface area contributed by atoms with Gasteiger partial charge in [0.1, 0.15) is 5.01 Å². The van der Waals surface area contributed by atoms with Gasteiger partial charge in [-0.1, -0.05) is 17.4 Å². The second-order valence-electron chi connectivity index (χ2n) is 2.71. The molecule has 0 atom stereocenters. The molecule has 0 bridgehead atoms. The van der Waals surface area contributed by atoms with E-state index < -0.39 is 5.43 Å². The maximum atomic E-state index is 10.6. The summed E-state index contributed by atoms with van der Waals surface area (Å²) in [5, 5.41) is 3.27. The highest BCUT2D eigenvalue weighted by Crippen LogP contribution is 2.35. The molecule has 3 nitrogen and oxygen atoms in total. The SMILES string of the molecule is Cc1nc(-c2cccs2)sc1OC(=O)Cl. The number of aromatic nitrogens is 1. The number of hydrogen-bond donors (Lipinski definition) is 0. The maximum absolute atomic E-state index is 10.6. The van der Waals surface area contributed by atoms with Crippen LogP contribution in [0.4, 0.5) is 4.79 Å². The zero-order valence-electron chi connectivity index (χ0n) is 7.69. The van der Waals surface area contributed by atoms with Gasteiger partial charge in [-0.3, -0.25) is 0 Å². The number of hydrogen-bond acceptors (Lipinski definition) is 5. The van der Waals surface area contributed by atoms with E-state index in [2.05, 4.69) is 4.98 Å². The van der Waals surface area contributed by atoms with Crippen LogP contribution in [0.25, 0.3) is 9.88 Å². The molecular weight excluding hydrogens is 254 g/mol. The van der Waals surface area contributed by atoms with Gasteiger partial charge in [0.25, 0.3) is 0 Å². The minimum atomic E-state index is -0.834. The number of thiazole rings is 1. The minimum Gasteiger partial charge on any atom is -0.401 e. The first-order valence-electron chi connectivity index (χ1n) is 4.05. The Morgan fingerprint density at radius 2 is 2.40 bits per heavy atom. The number of thiophene rings is 1. The normalized spacial score (nSPS) is 10.3. The van der Waals surface area contributed by atoms with Gasteiger partial charge in [-0.2, -0.15) is 0 Å². The molecular formula is C9H6ClNO2S2. The van der Waals surface area contributed by atoms with Gasteiger partial charge < -0.3 is 4.74 Å². The fraction of sp³-hybridized carbons (Fsp3) is 0.111. The molecule has 2 heterocycles. The predicted octanol–water partition coefficient (Wildman–Crippen LogP) is 3.92. The molecule has 0 aliphatic heterocycles. The van der Waals surface area contributed by atoms with Gasteiger partial charge in [-0.15, -0.1) is 11.3 Å². The average molecular weight is 260 g/mol. The second kappa shape index (κ2) is 4.30. The van der Waals surface area contributed by atoms with Crippen molar-refractivity contribution < 1.29 is 9.53 Å². The van der Waals surface area contributed by atoms with Crippen molar-refractivity contribution in [2.45, 2.75) is 6.92 Å². The molecule has 0 unspecified atom stereocenters. The zero-order valence-corrected chi connectivity index (χ0v) is 10.1. The van der Waals surface area contributed by atoms with Gasteiger partial charge in [0.15, 0.2) is 0 Å². The van der Waals surface area contributed by atoms with Gasteiger partial charge in [0.05, 0.1) is 10.6 Å². The molecule has 0 saturated heterocycles. The van der Waals surface area contributed by atoms with E-state index in [-0.39, 0.29) is 0 Å². The van der Waals surface area contributed by atoms with Crippen LogP contribution in [0.3, 0.4) is 0 Å². The molecule has 0 spiro atoms. The van der Waals surface area contributed by atoms with Crippen molar-refractivity contribution >= 4 is 39.7 Å². The Hall–Kier alpha value is -0.910. The Kier molecular flexibility index (Phi) is 3.04. The van der Waals surface area contributed by atoms with Crippen molar-refractivity contribution in [2.75, 3.05) is 0 Å². The molecule has 0 radical (unpaired) electrons. The first-order valence-corrected chi connectivity index (χ1v) is 6.13. The van der Waals surface area contributed by atoms with Crippen molar-refractivity contribution in [3.63, 3.8) is 0 Å². The third kappa shape index (κ3) is 2.37. The van der Waals surface area contributed by atoms with Crippen molar-refractivity contribution in [3.05, 3.63) is 23.2 Å². The Bertz CT molecular complexity index is 478. The lowest BCUT2D eigenvalue weighted by Gasteiger charge is -1.92. The van der Waals surface area contributed by atoms with E-state index in [0.29, 0.717) is 10.8 Å². The Balaban J connectivity index is 2.33. The zero-order chi connectivity index (χ0) is 10.8. The van der Waals surface area contributed by atoms with E-state index in [9.17, 15) is 4.79 Å². The number of carbonyl (C=O) groups excluding carboxylic acids is 1. The third-order valence-electron chi connectivity index (χ3n) is 1.66. The maximum Gasteiger partial charge on any atom is 0.410 e. The smallest absolute Gasteiger partial charge is 0.401 e. The Morgan fingerprint density at radius 3 is 3.00 bits per heavy atom. The number of carbonyl (C=O) groups is 1. The Morgan fingerprint density at radius 1 is 1.60 bits per heavy atom. The highest BCUT2D eigenvalue weighted by atomic mass is 35.5. The molecule has 6 heteroatoms. The highest BCUT2D eigenvalue weighted by Gasteiger charge is 2.13. The van der Waals surface area contributed by atoms with Crippen LogP contribution in [-0.4, -0.2) is 10.4 Å². The van der Waals surface area contributed by atoms with Gasteiger partial charge in [-0.25, -0.2) is 9.78 Å². The quantitative estimate of drug-likeness (QED) is 0.768. The van der Waals surface area contributed by atoms with Crippen LogP contribution in [0, 0.1) is 6.92 Å². The molecule has 0 saturated carbocycles. The summed E-state index contributed by atoms with van der Waals surface area (Å²) in [6, 6.07) is 3.92. The number of aryl methyl sites for hydroxylation is 1. The minimum absolute atomic E-state index is 0.457. The van der Waals surface area contributed by atoms with Crippen molar-refractivity contribution in [3.8, 4) is 14.9 Å². The first-order chi connectivity index (χ1) is 7.16. The second-order valence-corrected chi connectivity index (χ2v) is 4.93. The summed E-state index contributed by atoms with van der Waals surface area (Å²) in [7, 11) is 0. The standard InChI is InChI=1S/C9H6ClNO2S2/c1-5-8(13-9(10)12)15-7(11-5)6-3-2-4-14-6/h2-4H,1H3. The molecule has 0 amide bonds. The molecule has 0 N–H and O–H groups in total. The van der Waals surface area contributed by atoms with E-state index >= 15 is 0 Å². The fourth-order valence-corrected chi connectivity index (χ4v) is 2.89. The lowest BCUT2D eigenvalue weighted by molar-refractivity contribution is 0.226. The molecule has 2 aromatic rings. The topological polar surface area (TPSA) is 39.2 Å². The number of ether oxygens (including phenoxy) is 1. The van der Waals surface area contributed by atoms with Crippen LogP contribution in [0.1, 0.15) is 5.69 Å². The highest BCUT2D eigenvalue weighted by molar-refractivity contribution is 7.22. The summed E-state index contributed by atoms with van der Waals surface area (Å²) < 4.78 is 4.81. The first kappa shape index (κ1) is 10.6. The van der Waals surface area contributed by atoms with Crippen molar-refractivity contribution in [2.24, 2.45) is 0 Å². The summed E-state index contributed by atoms with van der Waals surface area (Å²) >= 11 is 8.05. The van der Waals surface area contributed by atoms with Gasteiger partial charge >= 0.3 is 5.43 Å². The Labute approximate surface area is 99.3 Å². The predicted molar refractivity (Wildman–Crippen MR) is 62.0 cm³/mol. The molecule has 2 aromatic heterocycles. The number of rotatable bonds is 2. The van der Waals surface area contributed by atoms with Crippen LogP contribution in [0.5, 0.6) is 5.06 Å². The summed E-state index contributed by atoms with van der Waals surface area (Å²) in [6.45, 7) is 1.78. The monoisotopic (exact) mass is 259 g/mol. The largest absolute Gasteiger partial charge is 0.410 e. The van der Waals surface area contributed by atoms with E-state index in [1.165, 1.54) is 11.3 Å². The van der Waals surface area contributed by atoms with Gasteiger partial charge in [0.2, 0.25) is 5.06 Å². The van der Waals surface area contributed by atoms with Crippen LogP contribution in [-0.2, 0) is 0 Å². The number of halogens is 1. The van der Waals surface area contributed by atoms with Crippen molar-refractivity contribution in [1.29, 1.82) is 0 Å². The molecule has 0 aliphatic carbocycles. The van der Waals surface area contributed by atoms with E-state index in [1.807, 2.05) is 17.5 Å². The van der Waals surface area contributed by atoms with E-state index in [1.54, 1.807) is 18.3 Å². The summed E-state index contributed by atoms with van der Waals surface area (Å²) in [5.41, 5.74) is -0.156. The molecule has 2 rings (SSSR count). The summed E-state index contributed by atoms with van der Waals surface area (Å²) in [4.78, 5) is 15.9. The average Bonchev–Trinajstić information content (AvgIpc) is 2.75. The summed E-state index contributed by atoms with van der Waals surface area (Å²) in [5.74, 6) is 0. The molecule has 0 aromatic carbocycles. The van der Waals surface area contributed by atoms with Crippen LogP contribution < -0.4 is 4.74 Å². The molecule has 0 fully saturated rings. The van der Waals surface area contributed by atoms with E-state index in [0.717, 1.165) is 9.88 Å². The third-order valence-corrected chi connectivity index (χ3v) is 3.81. The van der Waals surface area contributed by atoms with Crippen LogP contribution >= 0.6 is 34.3 Å². The van der Waals surface area contributed by atoms with Gasteiger partial charge in [0, 0.05) is 11.6 Å². The van der Waals surface area contributed by atoms with E-state index in [4.69, 9.17) is 16.3 Å².